The van der Waals surface area contributed by atoms with E-state index >= 15 is 0 Å². The fourth-order valence-corrected chi connectivity index (χ4v) is 2.77. The van der Waals surface area contributed by atoms with Crippen molar-refractivity contribution >= 4 is 11.3 Å². The molecule has 0 bridgehead atoms. The van der Waals surface area contributed by atoms with Crippen molar-refractivity contribution in [3.63, 3.8) is 0 Å². The van der Waals surface area contributed by atoms with Crippen molar-refractivity contribution in [1.82, 2.24) is 10.3 Å². The van der Waals surface area contributed by atoms with Crippen molar-refractivity contribution in [1.29, 1.82) is 0 Å². The molecule has 1 aromatic carbocycles. The average Bonchev–Trinajstić information content (AvgIpc) is 3.00. The molecule has 0 aliphatic heterocycles. The van der Waals surface area contributed by atoms with Crippen molar-refractivity contribution in [2.45, 2.75) is 32.9 Å². The summed E-state index contributed by atoms with van der Waals surface area (Å²) in [6.45, 7) is 5.23. The van der Waals surface area contributed by atoms with Crippen LogP contribution in [-0.4, -0.2) is 25.2 Å². The number of nitrogens with one attached hydrogen (secondary N) is 1. The van der Waals surface area contributed by atoms with Gasteiger partial charge in [-0.2, -0.15) is 0 Å². The topological polar surface area (TPSA) is 43.4 Å². The molecule has 1 aromatic heterocycles. The van der Waals surface area contributed by atoms with Crippen LogP contribution in [0, 0.1) is 0 Å². The molecular formula is C16H22N2O2S. The monoisotopic (exact) mass is 306 g/mol. The average molecular weight is 306 g/mol. The van der Waals surface area contributed by atoms with Crippen LogP contribution in [0.5, 0.6) is 11.5 Å². The van der Waals surface area contributed by atoms with Gasteiger partial charge in [-0.25, -0.2) is 4.98 Å². The molecule has 21 heavy (non-hydrogen) atoms. The second kappa shape index (κ2) is 7.43. The third-order valence-corrected chi connectivity index (χ3v) is 4.47. The van der Waals surface area contributed by atoms with E-state index < -0.39 is 0 Å². The van der Waals surface area contributed by atoms with Crippen molar-refractivity contribution in [2.75, 3.05) is 14.2 Å². The van der Waals surface area contributed by atoms with Gasteiger partial charge in [0.2, 0.25) is 0 Å². The first-order valence-electron chi connectivity index (χ1n) is 7.08. The fourth-order valence-electron chi connectivity index (χ4n) is 1.91. The van der Waals surface area contributed by atoms with E-state index in [-0.39, 0.29) is 0 Å². The SMILES string of the molecule is CCC(C)NCc1cnc(-c2ccc(OC)c(OC)c2)s1. The summed E-state index contributed by atoms with van der Waals surface area (Å²) in [5.74, 6) is 1.46. The zero-order valence-electron chi connectivity index (χ0n) is 13.0. The smallest absolute Gasteiger partial charge is 0.161 e. The van der Waals surface area contributed by atoms with E-state index in [0.717, 1.165) is 35.0 Å². The van der Waals surface area contributed by atoms with E-state index in [1.165, 1.54) is 4.88 Å². The lowest BCUT2D eigenvalue weighted by molar-refractivity contribution is 0.355. The predicted octanol–water partition coefficient (Wildman–Crippen LogP) is 3.72. The summed E-state index contributed by atoms with van der Waals surface area (Å²) >= 11 is 1.70. The highest BCUT2D eigenvalue weighted by Crippen LogP contribution is 2.33. The third-order valence-electron chi connectivity index (χ3n) is 3.42. The number of hydrogen-bond acceptors (Lipinski definition) is 5. The van der Waals surface area contributed by atoms with Crippen LogP contribution in [0.25, 0.3) is 10.6 Å². The van der Waals surface area contributed by atoms with Crippen molar-refractivity contribution in [3.8, 4) is 22.1 Å². The van der Waals surface area contributed by atoms with E-state index in [4.69, 9.17) is 9.47 Å². The lowest BCUT2D eigenvalue weighted by Gasteiger charge is -2.09. The van der Waals surface area contributed by atoms with Crippen LogP contribution in [-0.2, 0) is 6.54 Å². The summed E-state index contributed by atoms with van der Waals surface area (Å²) in [5.41, 5.74) is 1.05. The van der Waals surface area contributed by atoms with Crippen LogP contribution in [0.4, 0.5) is 0 Å². The first-order chi connectivity index (χ1) is 10.2. The zero-order chi connectivity index (χ0) is 15.2. The normalized spacial score (nSPS) is 12.2. The molecule has 1 N–H and O–H groups in total. The largest absolute Gasteiger partial charge is 0.493 e. The van der Waals surface area contributed by atoms with Crippen LogP contribution in [0.2, 0.25) is 0 Å². The van der Waals surface area contributed by atoms with E-state index in [9.17, 15) is 0 Å². The number of rotatable bonds is 7. The second-order valence-electron chi connectivity index (χ2n) is 4.89. The van der Waals surface area contributed by atoms with Gasteiger partial charge in [-0.05, 0) is 31.5 Å². The molecule has 0 radical (unpaired) electrons. The molecule has 2 rings (SSSR count). The number of methoxy groups -OCH3 is 2. The van der Waals surface area contributed by atoms with Gasteiger partial charge in [0.15, 0.2) is 11.5 Å². The summed E-state index contributed by atoms with van der Waals surface area (Å²) in [7, 11) is 3.28. The Morgan fingerprint density at radius 1 is 1.24 bits per heavy atom. The van der Waals surface area contributed by atoms with Gasteiger partial charge in [-0.15, -0.1) is 11.3 Å². The number of aromatic nitrogens is 1. The number of ether oxygens (including phenoxy) is 2. The summed E-state index contributed by atoms with van der Waals surface area (Å²) in [4.78, 5) is 5.74. The second-order valence-corrected chi connectivity index (χ2v) is 6.01. The van der Waals surface area contributed by atoms with Gasteiger partial charge in [0.25, 0.3) is 0 Å². The molecule has 4 nitrogen and oxygen atoms in total. The van der Waals surface area contributed by atoms with Crippen molar-refractivity contribution < 1.29 is 9.47 Å². The molecule has 5 heteroatoms. The highest BCUT2D eigenvalue weighted by molar-refractivity contribution is 7.15. The van der Waals surface area contributed by atoms with Gasteiger partial charge in [0.1, 0.15) is 5.01 Å². The summed E-state index contributed by atoms with van der Waals surface area (Å²) in [5, 5.41) is 4.48. The fraction of sp³-hybridized carbons (Fsp3) is 0.438. The van der Waals surface area contributed by atoms with E-state index in [1.54, 1.807) is 25.6 Å². The van der Waals surface area contributed by atoms with Gasteiger partial charge in [-0.3, -0.25) is 0 Å². The lowest BCUT2D eigenvalue weighted by atomic mass is 10.2. The standard InChI is InChI=1S/C16H22N2O2S/c1-5-11(2)17-9-13-10-18-16(21-13)12-6-7-14(19-3)15(8-12)20-4/h6-8,10-11,17H,5,9H2,1-4H3. The van der Waals surface area contributed by atoms with Crippen LogP contribution in [0.15, 0.2) is 24.4 Å². The van der Waals surface area contributed by atoms with Gasteiger partial charge in [-0.1, -0.05) is 6.92 Å². The highest BCUT2D eigenvalue weighted by atomic mass is 32.1. The quantitative estimate of drug-likeness (QED) is 0.847. The Morgan fingerprint density at radius 2 is 2.00 bits per heavy atom. The third kappa shape index (κ3) is 3.95. The van der Waals surface area contributed by atoms with E-state index in [1.807, 2.05) is 24.4 Å². The van der Waals surface area contributed by atoms with Gasteiger partial charge >= 0.3 is 0 Å². The molecule has 0 amide bonds. The van der Waals surface area contributed by atoms with Crippen LogP contribution in [0.3, 0.4) is 0 Å². The maximum Gasteiger partial charge on any atom is 0.161 e. The molecular weight excluding hydrogens is 284 g/mol. The molecule has 0 aliphatic rings. The molecule has 0 aliphatic carbocycles. The Morgan fingerprint density at radius 3 is 2.67 bits per heavy atom. The summed E-state index contributed by atoms with van der Waals surface area (Å²) in [6, 6.07) is 6.40. The van der Waals surface area contributed by atoms with Crippen LogP contribution in [0.1, 0.15) is 25.1 Å². The number of nitrogens with zero attached hydrogens (tertiary/aromatic N) is 1. The molecule has 1 unspecified atom stereocenters. The number of thiazole rings is 1. The lowest BCUT2D eigenvalue weighted by Crippen LogP contribution is -2.23. The first kappa shape index (κ1) is 15.8. The van der Waals surface area contributed by atoms with Crippen LogP contribution >= 0.6 is 11.3 Å². The highest BCUT2D eigenvalue weighted by Gasteiger charge is 2.10. The van der Waals surface area contributed by atoms with E-state index in [2.05, 4.69) is 24.1 Å². The van der Waals surface area contributed by atoms with Crippen LogP contribution < -0.4 is 14.8 Å². The Hall–Kier alpha value is -1.59. The minimum absolute atomic E-state index is 0.525. The summed E-state index contributed by atoms with van der Waals surface area (Å²) in [6.07, 6.45) is 3.06. The van der Waals surface area contributed by atoms with Crippen molar-refractivity contribution in [2.24, 2.45) is 0 Å². The molecule has 2 aromatic rings. The minimum Gasteiger partial charge on any atom is -0.493 e. The molecule has 0 saturated heterocycles. The Kier molecular flexibility index (Phi) is 5.59. The van der Waals surface area contributed by atoms with Gasteiger partial charge in [0.05, 0.1) is 14.2 Å². The molecule has 1 atom stereocenters. The van der Waals surface area contributed by atoms with E-state index in [0.29, 0.717) is 6.04 Å². The number of benzene rings is 1. The molecule has 114 valence electrons. The first-order valence-corrected chi connectivity index (χ1v) is 7.90. The Bertz CT molecular complexity index is 583. The maximum absolute atomic E-state index is 5.34. The Labute approximate surface area is 130 Å². The molecule has 1 heterocycles. The Balaban J connectivity index is 2.14. The predicted molar refractivity (Wildman–Crippen MR) is 87.2 cm³/mol. The molecule has 0 spiro atoms. The maximum atomic E-state index is 5.34. The minimum atomic E-state index is 0.525. The molecule has 0 fully saturated rings. The zero-order valence-corrected chi connectivity index (χ0v) is 13.8. The van der Waals surface area contributed by atoms with Gasteiger partial charge in [0, 0.05) is 29.2 Å². The van der Waals surface area contributed by atoms with Crippen molar-refractivity contribution in [3.05, 3.63) is 29.3 Å². The summed E-state index contributed by atoms with van der Waals surface area (Å²) < 4.78 is 10.6. The number of hydrogen-bond donors (Lipinski definition) is 1. The van der Waals surface area contributed by atoms with Gasteiger partial charge < -0.3 is 14.8 Å². The molecule has 0 saturated carbocycles.